The number of aromatic nitrogens is 3. The molecule has 1 aromatic heterocycles. The van der Waals surface area contributed by atoms with Crippen molar-refractivity contribution in [3.63, 3.8) is 0 Å². The predicted molar refractivity (Wildman–Crippen MR) is 94.7 cm³/mol. The average Bonchev–Trinajstić information content (AvgIpc) is 3.03. The van der Waals surface area contributed by atoms with E-state index in [9.17, 15) is 0 Å². The van der Waals surface area contributed by atoms with Crippen LogP contribution in [0.4, 0.5) is 0 Å². The molecule has 1 heterocycles. The van der Waals surface area contributed by atoms with Crippen molar-refractivity contribution < 1.29 is 0 Å². The summed E-state index contributed by atoms with van der Waals surface area (Å²) >= 11 is 0. The van der Waals surface area contributed by atoms with Crippen molar-refractivity contribution in [3.8, 4) is 16.8 Å². The van der Waals surface area contributed by atoms with Crippen molar-refractivity contribution in [3.05, 3.63) is 66.0 Å². The first kappa shape index (κ1) is 15.5. The van der Waals surface area contributed by atoms with Gasteiger partial charge >= 0.3 is 0 Å². The molecule has 2 aromatic carbocycles. The van der Waals surface area contributed by atoms with E-state index in [0.717, 1.165) is 24.2 Å². The molecule has 0 aliphatic rings. The van der Waals surface area contributed by atoms with Crippen LogP contribution in [-0.4, -0.2) is 15.0 Å². The zero-order valence-corrected chi connectivity index (χ0v) is 14.0. The molecule has 0 amide bonds. The van der Waals surface area contributed by atoms with E-state index in [2.05, 4.69) is 79.6 Å². The minimum Gasteiger partial charge on any atom is -0.220 e. The first-order valence-corrected chi connectivity index (χ1v) is 8.21. The fraction of sp³-hybridized carbons (Fsp3) is 0.300. The van der Waals surface area contributed by atoms with Crippen LogP contribution < -0.4 is 0 Å². The summed E-state index contributed by atoms with van der Waals surface area (Å²) in [5.41, 5.74) is 5.89. The van der Waals surface area contributed by atoms with Crippen molar-refractivity contribution in [2.45, 2.75) is 33.6 Å². The fourth-order valence-corrected chi connectivity index (χ4v) is 2.67. The first-order valence-electron chi connectivity index (χ1n) is 8.21. The zero-order valence-electron chi connectivity index (χ0n) is 14.0. The van der Waals surface area contributed by atoms with Gasteiger partial charge in [0.15, 0.2) is 0 Å². The molecule has 23 heavy (non-hydrogen) atoms. The van der Waals surface area contributed by atoms with Gasteiger partial charge in [-0.3, -0.25) is 0 Å². The largest absolute Gasteiger partial charge is 0.220 e. The number of hydrogen-bond donors (Lipinski definition) is 0. The molecule has 118 valence electrons. The van der Waals surface area contributed by atoms with Gasteiger partial charge in [0.1, 0.15) is 0 Å². The van der Waals surface area contributed by atoms with E-state index in [1.807, 2.05) is 10.9 Å². The summed E-state index contributed by atoms with van der Waals surface area (Å²) in [6.45, 7) is 6.60. The van der Waals surface area contributed by atoms with Gasteiger partial charge in [-0.25, -0.2) is 4.68 Å². The van der Waals surface area contributed by atoms with Crippen LogP contribution in [0.3, 0.4) is 0 Å². The van der Waals surface area contributed by atoms with Crippen LogP contribution >= 0.6 is 0 Å². The molecular formula is C20H23N3. The third-order valence-corrected chi connectivity index (χ3v) is 4.11. The second-order valence-corrected chi connectivity index (χ2v) is 6.45. The Morgan fingerprint density at radius 2 is 1.74 bits per heavy atom. The minimum absolute atomic E-state index is 0.688. The lowest BCUT2D eigenvalue weighted by molar-refractivity contribution is 0.581. The number of benzene rings is 2. The third kappa shape index (κ3) is 3.67. The summed E-state index contributed by atoms with van der Waals surface area (Å²) in [6, 6.07) is 16.9. The number of aryl methyl sites for hydroxylation is 2. The maximum Gasteiger partial charge on any atom is 0.0831 e. The van der Waals surface area contributed by atoms with Crippen LogP contribution in [0.5, 0.6) is 0 Å². The van der Waals surface area contributed by atoms with Crippen molar-refractivity contribution in [1.29, 1.82) is 0 Å². The maximum absolute atomic E-state index is 4.27. The van der Waals surface area contributed by atoms with Crippen LogP contribution in [0.15, 0.2) is 54.7 Å². The van der Waals surface area contributed by atoms with Crippen LogP contribution in [0, 0.1) is 12.8 Å². The molecule has 3 aromatic rings. The average molecular weight is 305 g/mol. The summed E-state index contributed by atoms with van der Waals surface area (Å²) in [4.78, 5) is 0. The number of nitrogens with zero attached hydrogens (tertiary/aromatic N) is 3. The highest BCUT2D eigenvalue weighted by Gasteiger charge is 2.05. The normalized spacial score (nSPS) is 11.1. The van der Waals surface area contributed by atoms with Gasteiger partial charge in [0.2, 0.25) is 0 Å². The topological polar surface area (TPSA) is 30.7 Å². The quantitative estimate of drug-likeness (QED) is 0.676. The molecule has 0 bridgehead atoms. The number of rotatable bonds is 5. The van der Waals surface area contributed by atoms with Gasteiger partial charge in [-0.15, -0.1) is 5.10 Å². The Hall–Kier alpha value is -2.42. The van der Waals surface area contributed by atoms with Crippen LogP contribution in [-0.2, 0) is 6.42 Å². The highest BCUT2D eigenvalue weighted by molar-refractivity contribution is 5.67. The van der Waals surface area contributed by atoms with E-state index in [1.165, 1.54) is 16.7 Å². The van der Waals surface area contributed by atoms with Crippen molar-refractivity contribution in [2.75, 3.05) is 0 Å². The van der Waals surface area contributed by atoms with Crippen molar-refractivity contribution in [2.24, 2.45) is 5.92 Å². The lowest BCUT2D eigenvalue weighted by Gasteiger charge is -2.07. The highest BCUT2D eigenvalue weighted by Crippen LogP contribution is 2.24. The molecule has 0 aliphatic carbocycles. The smallest absolute Gasteiger partial charge is 0.0831 e. The van der Waals surface area contributed by atoms with E-state index in [-0.39, 0.29) is 0 Å². The van der Waals surface area contributed by atoms with Gasteiger partial charge in [-0.05, 0) is 54.5 Å². The van der Waals surface area contributed by atoms with Crippen LogP contribution in [0.1, 0.15) is 31.5 Å². The molecule has 0 radical (unpaired) electrons. The van der Waals surface area contributed by atoms with Gasteiger partial charge in [0, 0.05) is 0 Å². The Morgan fingerprint density at radius 1 is 1.00 bits per heavy atom. The van der Waals surface area contributed by atoms with Gasteiger partial charge < -0.3 is 0 Å². The summed E-state index contributed by atoms with van der Waals surface area (Å²) in [5.74, 6) is 0.688. The lowest BCUT2D eigenvalue weighted by atomic mass is 10.0. The van der Waals surface area contributed by atoms with Gasteiger partial charge in [-0.2, -0.15) is 0 Å². The monoisotopic (exact) mass is 305 g/mol. The number of hydrogen-bond acceptors (Lipinski definition) is 2. The van der Waals surface area contributed by atoms with E-state index in [1.54, 1.807) is 0 Å². The molecular weight excluding hydrogens is 282 g/mol. The predicted octanol–water partition coefficient (Wildman–Crippen LogP) is 4.83. The molecule has 0 saturated carbocycles. The van der Waals surface area contributed by atoms with E-state index in [4.69, 9.17) is 0 Å². The minimum atomic E-state index is 0.688. The Kier molecular flexibility index (Phi) is 4.56. The fourth-order valence-electron chi connectivity index (χ4n) is 2.67. The zero-order chi connectivity index (χ0) is 16.2. The van der Waals surface area contributed by atoms with E-state index >= 15 is 0 Å². The lowest BCUT2D eigenvalue weighted by Crippen LogP contribution is -1.94. The molecule has 0 atom stereocenters. The molecule has 0 unspecified atom stereocenters. The first-order chi connectivity index (χ1) is 11.1. The van der Waals surface area contributed by atoms with Gasteiger partial charge in [-0.1, -0.05) is 55.5 Å². The van der Waals surface area contributed by atoms with Crippen LogP contribution in [0.2, 0.25) is 0 Å². The molecule has 3 rings (SSSR count). The van der Waals surface area contributed by atoms with Crippen molar-refractivity contribution in [1.82, 2.24) is 15.0 Å². The van der Waals surface area contributed by atoms with E-state index < -0.39 is 0 Å². The van der Waals surface area contributed by atoms with Crippen LogP contribution in [0.25, 0.3) is 16.8 Å². The molecule has 0 N–H and O–H groups in total. The SMILES string of the molecule is Cc1ccccc1-c1ccc(-n2cc(CCC(C)C)nn2)cc1. The Balaban J connectivity index is 1.79. The van der Waals surface area contributed by atoms with E-state index in [0.29, 0.717) is 5.92 Å². The molecule has 3 heteroatoms. The molecule has 0 spiro atoms. The Morgan fingerprint density at radius 3 is 2.43 bits per heavy atom. The van der Waals surface area contributed by atoms with Gasteiger partial charge in [0.25, 0.3) is 0 Å². The second kappa shape index (κ2) is 6.78. The molecule has 0 saturated heterocycles. The molecule has 0 fully saturated rings. The molecule has 3 nitrogen and oxygen atoms in total. The highest BCUT2D eigenvalue weighted by atomic mass is 15.4. The third-order valence-electron chi connectivity index (χ3n) is 4.11. The standard InChI is InChI=1S/C20H23N3/c1-15(2)8-11-18-14-23(22-21-18)19-12-9-17(10-13-19)20-7-5-4-6-16(20)3/h4-7,9-10,12-15H,8,11H2,1-3H3. The second-order valence-electron chi connectivity index (χ2n) is 6.45. The summed E-state index contributed by atoms with van der Waals surface area (Å²) in [7, 11) is 0. The van der Waals surface area contributed by atoms with Crippen molar-refractivity contribution >= 4 is 0 Å². The Bertz CT molecular complexity index is 770. The van der Waals surface area contributed by atoms with Gasteiger partial charge in [0.05, 0.1) is 17.6 Å². The summed E-state index contributed by atoms with van der Waals surface area (Å²) < 4.78 is 1.86. The molecule has 0 aliphatic heterocycles. The summed E-state index contributed by atoms with van der Waals surface area (Å²) in [6.07, 6.45) is 4.16. The summed E-state index contributed by atoms with van der Waals surface area (Å²) in [5, 5.41) is 8.52. The maximum atomic E-state index is 4.27. The Labute approximate surface area is 138 Å².